The fourth-order valence-corrected chi connectivity index (χ4v) is 2.91. The zero-order valence-electron chi connectivity index (χ0n) is 16.9. The molecule has 0 unspecified atom stereocenters. The lowest BCUT2D eigenvalue weighted by Crippen LogP contribution is -2.13. The molecule has 1 aromatic heterocycles. The maximum Gasteiger partial charge on any atom is 0.340 e. The number of ether oxygens (including phenoxy) is 2. The third-order valence-electron chi connectivity index (χ3n) is 4.22. The van der Waals surface area contributed by atoms with Gasteiger partial charge in [-0.2, -0.15) is 0 Å². The van der Waals surface area contributed by atoms with E-state index in [1.807, 2.05) is 68.7 Å². The number of esters is 1. The fraction of sp³-hybridized carbons (Fsp3) is 0.174. The van der Waals surface area contributed by atoms with E-state index in [0.29, 0.717) is 28.5 Å². The van der Waals surface area contributed by atoms with Crippen LogP contribution in [0.25, 0.3) is 16.7 Å². The Balaban J connectivity index is 2.03. The third kappa shape index (κ3) is 4.79. The van der Waals surface area contributed by atoms with Crippen LogP contribution in [0, 0.1) is 6.92 Å². The first kappa shape index (κ1) is 20.1. The van der Waals surface area contributed by atoms with E-state index in [1.54, 1.807) is 18.0 Å². The molecule has 1 heterocycles. The molecule has 0 amide bonds. The number of rotatable bonds is 6. The van der Waals surface area contributed by atoms with E-state index >= 15 is 0 Å². The fourth-order valence-electron chi connectivity index (χ4n) is 2.91. The minimum Gasteiger partial charge on any atom is -0.465 e. The van der Waals surface area contributed by atoms with Gasteiger partial charge in [0.2, 0.25) is 5.88 Å². The zero-order valence-corrected chi connectivity index (χ0v) is 16.9. The van der Waals surface area contributed by atoms with Crippen LogP contribution in [0.5, 0.6) is 11.6 Å². The van der Waals surface area contributed by atoms with Crippen LogP contribution in [-0.2, 0) is 9.53 Å². The quantitative estimate of drug-likeness (QED) is 0.462. The van der Waals surface area contributed by atoms with E-state index in [-0.39, 0.29) is 0 Å². The van der Waals surface area contributed by atoms with Crippen LogP contribution >= 0.6 is 0 Å². The smallest absolute Gasteiger partial charge is 0.340 e. The van der Waals surface area contributed by atoms with Gasteiger partial charge in [0, 0.05) is 20.3 Å². The van der Waals surface area contributed by atoms with E-state index in [9.17, 15) is 4.79 Å². The number of methoxy groups -OCH3 is 1. The lowest BCUT2D eigenvalue weighted by Gasteiger charge is -2.16. The number of aromatic nitrogens is 2. The van der Waals surface area contributed by atoms with Crippen LogP contribution in [0.3, 0.4) is 0 Å². The lowest BCUT2D eigenvalue weighted by molar-refractivity contribution is -0.133. The first-order chi connectivity index (χ1) is 14.0. The second kappa shape index (κ2) is 9.01. The average Bonchev–Trinajstić information content (AvgIpc) is 2.73. The minimum atomic E-state index is -0.487. The lowest BCUT2D eigenvalue weighted by atomic mass is 10.1. The van der Waals surface area contributed by atoms with Crippen LogP contribution in [0.4, 0.5) is 0 Å². The molecule has 3 rings (SSSR count). The van der Waals surface area contributed by atoms with Gasteiger partial charge in [0.15, 0.2) is 0 Å². The van der Waals surface area contributed by atoms with E-state index in [2.05, 4.69) is 9.97 Å². The molecule has 0 radical (unpaired) electrons. The molecule has 29 heavy (non-hydrogen) atoms. The molecular formula is C23H23N3O3. The van der Waals surface area contributed by atoms with Gasteiger partial charge in [-0.1, -0.05) is 42.5 Å². The van der Waals surface area contributed by atoms with Crippen molar-refractivity contribution in [2.75, 3.05) is 21.2 Å². The van der Waals surface area contributed by atoms with Crippen molar-refractivity contribution in [3.8, 4) is 22.8 Å². The van der Waals surface area contributed by atoms with Crippen molar-refractivity contribution in [1.82, 2.24) is 14.9 Å². The molecule has 0 saturated heterocycles. The third-order valence-corrected chi connectivity index (χ3v) is 4.22. The topological polar surface area (TPSA) is 64.5 Å². The molecule has 0 spiro atoms. The van der Waals surface area contributed by atoms with Gasteiger partial charge in [0.25, 0.3) is 0 Å². The molecule has 0 atom stereocenters. The monoisotopic (exact) mass is 389 g/mol. The van der Waals surface area contributed by atoms with Crippen LogP contribution in [0.2, 0.25) is 0 Å². The molecule has 148 valence electrons. The summed E-state index contributed by atoms with van der Waals surface area (Å²) >= 11 is 0. The molecule has 3 aromatic rings. The first-order valence-electron chi connectivity index (χ1n) is 9.11. The van der Waals surface area contributed by atoms with Gasteiger partial charge in [-0.3, -0.25) is 0 Å². The average molecular weight is 389 g/mol. The summed E-state index contributed by atoms with van der Waals surface area (Å²) in [4.78, 5) is 22.7. The standard InChI is InChI=1S/C23H23N3O3/c1-16-21(20(14-26(2)3)23(27)28-4)22(25-15-24-16)29-19-12-8-11-18(13-19)17-9-6-5-7-10-17/h5-15H,1-4H3/b20-14+. The van der Waals surface area contributed by atoms with E-state index in [1.165, 1.54) is 13.4 Å². The zero-order chi connectivity index (χ0) is 20.8. The maximum absolute atomic E-state index is 12.4. The van der Waals surface area contributed by atoms with Gasteiger partial charge in [-0.25, -0.2) is 14.8 Å². The van der Waals surface area contributed by atoms with Gasteiger partial charge in [-0.15, -0.1) is 0 Å². The van der Waals surface area contributed by atoms with Crippen molar-refractivity contribution >= 4 is 11.5 Å². The summed E-state index contributed by atoms with van der Waals surface area (Å²) in [5.74, 6) is 0.417. The molecule has 0 aliphatic carbocycles. The Labute approximate surface area is 170 Å². The van der Waals surface area contributed by atoms with E-state index < -0.39 is 5.97 Å². The van der Waals surface area contributed by atoms with Crippen LogP contribution < -0.4 is 4.74 Å². The van der Waals surface area contributed by atoms with Gasteiger partial charge < -0.3 is 14.4 Å². The number of hydrogen-bond donors (Lipinski definition) is 0. The van der Waals surface area contributed by atoms with Gasteiger partial charge in [0.05, 0.1) is 23.9 Å². The normalized spacial score (nSPS) is 11.1. The van der Waals surface area contributed by atoms with Crippen molar-refractivity contribution in [3.63, 3.8) is 0 Å². The summed E-state index contributed by atoms with van der Waals surface area (Å²) < 4.78 is 11.1. The summed E-state index contributed by atoms with van der Waals surface area (Å²) in [5.41, 5.74) is 3.54. The molecule has 6 heteroatoms. The highest BCUT2D eigenvalue weighted by atomic mass is 16.5. The van der Waals surface area contributed by atoms with E-state index in [4.69, 9.17) is 9.47 Å². The summed E-state index contributed by atoms with van der Waals surface area (Å²) in [6.45, 7) is 1.80. The Bertz CT molecular complexity index is 1030. The second-order valence-corrected chi connectivity index (χ2v) is 6.63. The van der Waals surface area contributed by atoms with Crippen molar-refractivity contribution in [1.29, 1.82) is 0 Å². The van der Waals surface area contributed by atoms with Gasteiger partial charge in [0.1, 0.15) is 12.1 Å². The second-order valence-electron chi connectivity index (χ2n) is 6.63. The molecule has 0 fully saturated rings. The number of hydrogen-bond acceptors (Lipinski definition) is 6. The Hall–Kier alpha value is -3.67. The predicted octanol–water partition coefficient (Wildman–Crippen LogP) is 4.32. The molecule has 2 aromatic carbocycles. The maximum atomic E-state index is 12.4. The summed E-state index contributed by atoms with van der Waals surface area (Å²) in [5, 5.41) is 0. The molecule has 0 aliphatic heterocycles. The number of carbonyl (C=O) groups excluding carboxylic acids is 1. The summed E-state index contributed by atoms with van der Waals surface area (Å²) in [7, 11) is 4.99. The van der Waals surface area contributed by atoms with Crippen LogP contribution in [-0.4, -0.2) is 42.0 Å². The summed E-state index contributed by atoms with van der Waals surface area (Å²) in [6, 6.07) is 17.7. The van der Waals surface area contributed by atoms with E-state index in [0.717, 1.165) is 11.1 Å². The molecular weight excluding hydrogens is 366 g/mol. The first-order valence-corrected chi connectivity index (χ1v) is 9.11. The van der Waals surface area contributed by atoms with Gasteiger partial charge in [-0.05, 0) is 30.2 Å². The Morgan fingerprint density at radius 1 is 1.00 bits per heavy atom. The minimum absolute atomic E-state index is 0.293. The highest BCUT2D eigenvalue weighted by Crippen LogP contribution is 2.32. The summed E-state index contributed by atoms with van der Waals surface area (Å²) in [6.07, 6.45) is 3.09. The highest BCUT2D eigenvalue weighted by molar-refractivity contribution is 6.17. The largest absolute Gasteiger partial charge is 0.465 e. The molecule has 0 N–H and O–H groups in total. The van der Waals surface area contributed by atoms with Crippen molar-refractivity contribution in [2.24, 2.45) is 0 Å². The Morgan fingerprint density at radius 2 is 1.72 bits per heavy atom. The van der Waals surface area contributed by atoms with Crippen LogP contribution in [0.1, 0.15) is 11.3 Å². The van der Waals surface area contributed by atoms with Crippen molar-refractivity contribution < 1.29 is 14.3 Å². The predicted molar refractivity (Wildman–Crippen MR) is 112 cm³/mol. The van der Waals surface area contributed by atoms with Gasteiger partial charge >= 0.3 is 5.97 Å². The van der Waals surface area contributed by atoms with Crippen LogP contribution in [0.15, 0.2) is 67.1 Å². The Kier molecular flexibility index (Phi) is 6.24. The number of benzene rings is 2. The molecule has 0 aliphatic rings. The molecule has 0 saturated carbocycles. The number of aryl methyl sites for hydroxylation is 1. The van der Waals surface area contributed by atoms with Crippen molar-refractivity contribution in [2.45, 2.75) is 6.92 Å². The number of nitrogens with zero attached hydrogens (tertiary/aromatic N) is 3. The highest BCUT2D eigenvalue weighted by Gasteiger charge is 2.22. The molecule has 0 bridgehead atoms. The molecule has 6 nitrogen and oxygen atoms in total. The Morgan fingerprint density at radius 3 is 2.41 bits per heavy atom. The SMILES string of the molecule is COC(=O)/C(=C/N(C)C)c1c(C)ncnc1Oc1cccc(-c2ccccc2)c1. The number of carbonyl (C=O) groups is 1. The van der Waals surface area contributed by atoms with Crippen molar-refractivity contribution in [3.05, 3.63) is 78.4 Å².